The van der Waals surface area contributed by atoms with Gasteiger partial charge in [0.1, 0.15) is 232 Å². The van der Waals surface area contributed by atoms with Crippen LogP contribution in [-0.4, -0.2) is 534 Å². The van der Waals surface area contributed by atoms with Crippen LogP contribution >= 0.6 is 0 Å². The van der Waals surface area contributed by atoms with Crippen molar-refractivity contribution in [3.63, 3.8) is 0 Å². The van der Waals surface area contributed by atoms with Gasteiger partial charge < -0.3 is 250 Å². The van der Waals surface area contributed by atoms with E-state index < -0.39 is 396 Å². The second-order valence-electron chi connectivity index (χ2n) is 31.5. The Kier molecular flexibility index (Phi) is 38.6. The van der Waals surface area contributed by atoms with Crippen LogP contribution in [0.3, 0.4) is 0 Å². The number of nitrogens with one attached hydrogen (secondary N) is 5. The van der Waals surface area contributed by atoms with E-state index in [2.05, 4.69) is 26.6 Å². The van der Waals surface area contributed by atoms with Gasteiger partial charge in [0.2, 0.25) is 29.5 Å². The predicted molar refractivity (Wildman–Crippen MR) is 388 cm³/mol. The van der Waals surface area contributed by atoms with Crippen LogP contribution in [0.15, 0.2) is 0 Å². The lowest BCUT2D eigenvalue weighted by atomic mass is 9.94. The predicted octanol–water partition coefficient (Wildman–Crippen LogP) is -21.4. The van der Waals surface area contributed by atoms with Gasteiger partial charge in [-0.25, -0.2) is 0 Å². The molecule has 9 unspecified atom stereocenters. The van der Waals surface area contributed by atoms with Crippen LogP contribution in [0.5, 0.6) is 0 Å². The van der Waals surface area contributed by atoms with Crippen LogP contribution in [0.1, 0.15) is 41.5 Å². The van der Waals surface area contributed by atoms with E-state index >= 15 is 0 Å². The Hall–Kier alpha value is -4.45. The van der Waals surface area contributed by atoms with Gasteiger partial charge in [-0.2, -0.15) is 0 Å². The zero-order chi connectivity index (χ0) is 92.5. The summed E-state index contributed by atoms with van der Waals surface area (Å²) in [5, 5.41) is 314. The van der Waals surface area contributed by atoms with E-state index in [9.17, 15) is 162 Å². The van der Waals surface area contributed by atoms with Crippen molar-refractivity contribution >= 4 is 29.5 Å². The van der Waals surface area contributed by atoms with Gasteiger partial charge in [0.05, 0.1) is 78.2 Å². The average molecular weight is 1830 g/mol. The smallest absolute Gasteiger partial charge is 0.217 e. The van der Waals surface area contributed by atoms with Crippen LogP contribution in [0.25, 0.3) is 0 Å². The Morgan fingerprint density at radius 3 is 1.06 bits per heavy atom. The molecule has 9 fully saturated rings. The molecule has 9 saturated heterocycles. The lowest BCUT2D eigenvalue weighted by molar-refractivity contribution is -0.398. The Bertz CT molecular complexity index is 3370. The summed E-state index contributed by atoms with van der Waals surface area (Å²) < 4.78 is 107. The van der Waals surface area contributed by atoms with Gasteiger partial charge in [-0.1, -0.05) is 0 Å². The normalized spacial score (nSPS) is 46.1. The first-order valence-electron chi connectivity index (χ1n) is 39.9. The van der Waals surface area contributed by atoms with Crippen LogP contribution < -0.4 is 26.6 Å². The summed E-state index contributed by atoms with van der Waals surface area (Å²) in [4.78, 5) is 64.1. The quantitative estimate of drug-likeness (QED) is 0.0277. The van der Waals surface area contributed by atoms with E-state index in [1.807, 2.05) is 0 Å². The number of aliphatic hydroxyl groups is 27. The maximum atomic E-state index is 13.3. The number of carbonyl (C=O) groups is 5. The van der Waals surface area contributed by atoms with Crippen molar-refractivity contribution in [1.82, 2.24) is 26.6 Å². The van der Waals surface area contributed by atoms with E-state index in [0.29, 0.717) is 0 Å². The largest absolute Gasteiger partial charge is 0.394 e. The summed E-state index contributed by atoms with van der Waals surface area (Å²) in [7, 11) is 0. The second-order valence-corrected chi connectivity index (χ2v) is 31.5. The summed E-state index contributed by atoms with van der Waals surface area (Å²) in [6.45, 7) is -5.36. The fourth-order valence-electron chi connectivity index (χ4n) is 15.8. The van der Waals surface area contributed by atoms with Gasteiger partial charge in [0, 0.05) is 34.6 Å². The zero-order valence-electron chi connectivity index (χ0n) is 67.8. The third-order valence-corrected chi connectivity index (χ3v) is 22.5. The number of carbonyl (C=O) groups excluding carboxylic acids is 5. The highest BCUT2D eigenvalue weighted by Gasteiger charge is 2.61. The number of aliphatic hydroxyl groups excluding tert-OH is 27. The van der Waals surface area contributed by atoms with Crippen molar-refractivity contribution in [1.29, 1.82) is 0 Å². The minimum Gasteiger partial charge on any atom is -0.394 e. The Morgan fingerprint density at radius 1 is 0.296 bits per heavy atom. The Labute approximate surface area is 709 Å². The summed E-state index contributed by atoms with van der Waals surface area (Å²) in [6.07, 6.45) is -92.7. The number of hydrogen-bond acceptors (Lipinski definition) is 50. The first-order valence-corrected chi connectivity index (χ1v) is 39.9. The molecule has 0 aliphatic carbocycles. The van der Waals surface area contributed by atoms with Gasteiger partial charge in [-0.15, -0.1) is 0 Å². The van der Waals surface area contributed by atoms with Crippen LogP contribution in [-0.2, 0) is 109 Å². The molecule has 0 aromatic carbocycles. The molecule has 9 heterocycles. The number of hydrogen-bond donors (Lipinski definition) is 32. The first kappa shape index (κ1) is 104. The van der Waals surface area contributed by atoms with E-state index in [0.717, 1.165) is 34.6 Å². The third-order valence-electron chi connectivity index (χ3n) is 22.5. The molecule has 49 atom stereocenters. The highest BCUT2D eigenvalue weighted by Crippen LogP contribution is 2.40. The van der Waals surface area contributed by atoms with Crippen LogP contribution in [0.2, 0.25) is 0 Å². The van der Waals surface area contributed by atoms with Gasteiger partial charge in [0.15, 0.2) is 56.6 Å². The molecule has 55 heteroatoms. The molecule has 5 amide bonds. The fraction of sp³-hybridized carbons (Fsp3) is 0.929. The summed E-state index contributed by atoms with van der Waals surface area (Å²) >= 11 is 0. The summed E-state index contributed by atoms with van der Waals surface area (Å²) in [6, 6.07) is -9.48. The molecule has 0 radical (unpaired) electrons. The summed E-state index contributed by atoms with van der Waals surface area (Å²) in [5.74, 6) is -4.67. The molecule has 9 rings (SSSR count). The first-order chi connectivity index (χ1) is 59.0. The third kappa shape index (κ3) is 24.1. The van der Waals surface area contributed by atoms with Gasteiger partial charge >= 0.3 is 0 Å². The molecule has 0 aromatic rings. The van der Waals surface area contributed by atoms with E-state index in [1.54, 1.807) is 0 Å². The molecule has 55 nitrogen and oxygen atoms in total. The van der Waals surface area contributed by atoms with Crippen LogP contribution in [0.4, 0.5) is 0 Å². The van der Waals surface area contributed by atoms with Gasteiger partial charge in [0.25, 0.3) is 0 Å². The molecule has 0 saturated carbocycles. The molecule has 32 N–H and O–H groups in total. The SMILES string of the molecule is CC(=O)N[C@@H](CO)[C@@H](O)[C@H](OC1O[C@H](CO)[C@@H](OC2O[C@H](COC3O[C@H](CO)[C@@H](O)[C@H](O)[C@@H]3OC3O[C@H](CO)[C@@H](OC4O[C@H](CO)[C@H](O)[C@H](O)[C@H]4O)[C@H](O)[C@H]3NC(C)=O)[C@@H](O)[C@H](OC3O[C@H](CO)[C@@H](O)[C@H](O)[C@@H]3OC3O[C@H](CO)[C@@H](OC4O[C@H](CO)[C@H](O)[C@H](O)[C@H]4NC(C)=O)[C@H](O)[C@H]3NC(C)=O)[C@@H]2O)[C@H](O)[C@H]1NC(C)=O)[C@H](O)COC1O[C@@H](C)[C@@H](O)[C@@H](O)[C@@H]1O. The molecule has 0 spiro atoms. The highest BCUT2D eigenvalue weighted by atomic mass is 16.8. The molecule has 125 heavy (non-hydrogen) atoms. The minimum absolute atomic E-state index is 0.826. The maximum Gasteiger partial charge on any atom is 0.217 e. The molecular weight excluding hydrogens is 1710 g/mol. The minimum atomic E-state index is -2.66. The topological polar surface area (TPSA) is 858 Å². The van der Waals surface area contributed by atoms with Crippen molar-refractivity contribution in [3.05, 3.63) is 0 Å². The zero-order valence-corrected chi connectivity index (χ0v) is 67.8. The Balaban J connectivity index is 1.07. The van der Waals surface area contributed by atoms with E-state index in [1.165, 1.54) is 6.92 Å². The molecular formula is C70H119N5O50. The fourth-order valence-corrected chi connectivity index (χ4v) is 15.8. The lowest BCUT2D eigenvalue weighted by Gasteiger charge is -2.51. The Morgan fingerprint density at radius 2 is 0.624 bits per heavy atom. The number of ether oxygens (including phenoxy) is 18. The summed E-state index contributed by atoms with van der Waals surface area (Å²) in [5.41, 5.74) is 0. The second kappa shape index (κ2) is 46.3. The number of rotatable bonds is 36. The lowest BCUT2D eigenvalue weighted by Crippen LogP contribution is -2.71. The van der Waals surface area contributed by atoms with Crippen molar-refractivity contribution in [2.75, 3.05) is 66.1 Å². The molecule has 9 aliphatic heterocycles. The van der Waals surface area contributed by atoms with Crippen LogP contribution in [0, 0.1) is 0 Å². The molecule has 0 aromatic heterocycles. The maximum absolute atomic E-state index is 13.3. The van der Waals surface area contributed by atoms with Gasteiger partial charge in [-0.05, 0) is 6.92 Å². The monoisotopic (exact) mass is 1830 g/mol. The van der Waals surface area contributed by atoms with E-state index in [-0.39, 0.29) is 0 Å². The molecule has 0 bridgehead atoms. The van der Waals surface area contributed by atoms with Crippen molar-refractivity contribution in [2.45, 2.75) is 342 Å². The van der Waals surface area contributed by atoms with Crippen molar-refractivity contribution < 1.29 is 247 Å². The number of amides is 5. The van der Waals surface area contributed by atoms with Gasteiger partial charge in [-0.3, -0.25) is 24.0 Å². The van der Waals surface area contributed by atoms with Crippen molar-refractivity contribution in [2.24, 2.45) is 0 Å². The molecule has 724 valence electrons. The standard InChI is InChI=1S/C70H119N5O50/c1-17-37(90)48(101)52(105)66(110-17)108-15-24(89)55(38(91)23(7-76)71-18(2)84)119-63-34(73-20(4)86)46(99)58(31(14-83)115-63)122-68-54(107)59(123-70-61(51(104)42(95)28(11-80)114-70)125-65-35(74-21(5)87)45(98)56(29(12-81)116-65)120-62-33(72-19(3)85)44(97)39(92)25(8-77)111-62)43(96)32(118-68)16-109-69-60(50(103)41(94)27(10-79)113-69)124-64-36(75-22(6)88)47(100)57(30(13-82)117-64)121-67-53(106)49(102)40(93)26(9-78)112-67/h17,23-70,76-83,89-107H,7-16H2,1-6H3,(H,71,84)(H,72,85)(H,73,86)(H,74,87)(H,75,88)/t17-,23-,24+,25+,26+,27+,28+,29+,30+,31+,32+,33+,34+,35+,36+,37+,38+,39-,40-,41+,42+,43+,44+,45+,46+,47+,48+,49-,50-,51-,52-,53+,54-,55+,56+,57+,58+,59-,60-,61-,62?,63?,64?,65?,66?,67?,68?,69?,70?/m0/s1. The highest BCUT2D eigenvalue weighted by molar-refractivity contribution is 5.75. The van der Waals surface area contributed by atoms with Crippen molar-refractivity contribution in [3.8, 4) is 0 Å². The average Bonchev–Trinajstić information content (AvgIpc) is 0.766. The van der Waals surface area contributed by atoms with E-state index in [4.69, 9.17) is 85.3 Å². The molecule has 9 aliphatic rings.